The third-order valence-electron chi connectivity index (χ3n) is 2.71. The highest BCUT2D eigenvalue weighted by atomic mass is 16.5. The predicted molar refractivity (Wildman–Crippen MR) is 74.3 cm³/mol. The van der Waals surface area contributed by atoms with Crippen molar-refractivity contribution < 1.29 is 19.1 Å². The largest absolute Gasteiger partial charge is 0.497 e. The second-order valence-electron chi connectivity index (χ2n) is 4.21. The smallest absolute Gasteiger partial charge is 0.246 e. The summed E-state index contributed by atoms with van der Waals surface area (Å²) in [4.78, 5) is 22.9. The molecule has 0 aliphatic rings. The first-order valence-electron chi connectivity index (χ1n) is 6.36. The lowest BCUT2D eigenvalue weighted by atomic mass is 10.1. The average Bonchev–Trinajstić information content (AvgIpc) is 2.45. The van der Waals surface area contributed by atoms with Crippen molar-refractivity contribution in [3.05, 3.63) is 29.8 Å². The molecule has 0 aliphatic heterocycles. The van der Waals surface area contributed by atoms with Crippen LogP contribution >= 0.6 is 0 Å². The molecule has 3 N–H and O–H groups in total. The minimum Gasteiger partial charge on any atom is -0.497 e. The average molecular weight is 280 g/mol. The first-order chi connectivity index (χ1) is 9.56. The van der Waals surface area contributed by atoms with E-state index in [4.69, 9.17) is 15.2 Å². The molecule has 0 bridgehead atoms. The highest BCUT2D eigenvalue weighted by Crippen LogP contribution is 2.12. The molecule has 2 amide bonds. The van der Waals surface area contributed by atoms with Crippen molar-refractivity contribution in [1.29, 1.82) is 0 Å². The maximum atomic E-state index is 11.5. The van der Waals surface area contributed by atoms with Crippen molar-refractivity contribution in [3.8, 4) is 5.75 Å². The molecule has 0 fully saturated rings. The van der Waals surface area contributed by atoms with Gasteiger partial charge in [0.15, 0.2) is 0 Å². The maximum Gasteiger partial charge on any atom is 0.246 e. The molecule has 1 aromatic rings. The standard InChI is InChI=1S/C14H20N2O4/c1-3-20-9-13(17)16-12(14(15)18)8-10-4-6-11(19-2)7-5-10/h4-7,12H,3,8-9H2,1-2H3,(H2,15,18)(H,16,17)/t12-/m1/s1. The van der Waals surface area contributed by atoms with Gasteiger partial charge < -0.3 is 20.5 Å². The Labute approximate surface area is 118 Å². The fourth-order valence-electron chi connectivity index (χ4n) is 1.65. The van der Waals surface area contributed by atoms with E-state index >= 15 is 0 Å². The molecule has 0 heterocycles. The highest BCUT2D eigenvalue weighted by Gasteiger charge is 2.18. The van der Waals surface area contributed by atoms with E-state index in [0.717, 1.165) is 11.3 Å². The minimum atomic E-state index is -0.753. The molecule has 0 aliphatic carbocycles. The Morgan fingerprint density at radius 2 is 1.95 bits per heavy atom. The van der Waals surface area contributed by atoms with Crippen LogP contribution in [0.4, 0.5) is 0 Å². The Kier molecular flexibility index (Phi) is 6.52. The molecule has 1 aromatic carbocycles. The minimum absolute atomic E-state index is 0.0805. The van der Waals surface area contributed by atoms with E-state index in [9.17, 15) is 9.59 Å². The number of nitrogens with two attached hydrogens (primary N) is 1. The van der Waals surface area contributed by atoms with Gasteiger partial charge in [0, 0.05) is 13.0 Å². The lowest BCUT2D eigenvalue weighted by Crippen LogP contribution is -2.47. The molecule has 6 nitrogen and oxygen atoms in total. The lowest BCUT2D eigenvalue weighted by Gasteiger charge is -2.15. The zero-order chi connectivity index (χ0) is 15.0. The second kappa shape index (κ2) is 8.16. The van der Waals surface area contributed by atoms with Gasteiger partial charge in [-0.2, -0.15) is 0 Å². The van der Waals surface area contributed by atoms with Crippen molar-refractivity contribution >= 4 is 11.8 Å². The van der Waals surface area contributed by atoms with Crippen LogP contribution in [-0.4, -0.2) is 38.2 Å². The van der Waals surface area contributed by atoms with E-state index in [-0.39, 0.29) is 12.5 Å². The Morgan fingerprint density at radius 1 is 1.30 bits per heavy atom. The molecule has 110 valence electrons. The van der Waals surface area contributed by atoms with Crippen LogP contribution in [0, 0.1) is 0 Å². The van der Waals surface area contributed by atoms with Gasteiger partial charge in [-0.1, -0.05) is 12.1 Å². The summed E-state index contributed by atoms with van der Waals surface area (Å²) in [6, 6.07) is 6.47. The molecule has 6 heteroatoms. The molecule has 0 spiro atoms. The van der Waals surface area contributed by atoms with Crippen LogP contribution in [0.3, 0.4) is 0 Å². The second-order valence-corrected chi connectivity index (χ2v) is 4.21. The summed E-state index contributed by atoms with van der Waals surface area (Å²) in [5.41, 5.74) is 6.18. The van der Waals surface area contributed by atoms with Crippen molar-refractivity contribution in [2.75, 3.05) is 20.3 Å². The number of carbonyl (C=O) groups excluding carboxylic acids is 2. The molecule has 0 radical (unpaired) electrons. The topological polar surface area (TPSA) is 90.7 Å². The van der Waals surface area contributed by atoms with Gasteiger partial charge in [0.05, 0.1) is 7.11 Å². The third kappa shape index (κ3) is 5.27. The van der Waals surface area contributed by atoms with E-state index in [2.05, 4.69) is 5.32 Å². The van der Waals surface area contributed by atoms with Gasteiger partial charge in [-0.25, -0.2) is 0 Å². The summed E-state index contributed by atoms with van der Waals surface area (Å²) < 4.78 is 10.0. The molecule has 0 unspecified atom stereocenters. The zero-order valence-corrected chi connectivity index (χ0v) is 11.7. The third-order valence-corrected chi connectivity index (χ3v) is 2.71. The van der Waals surface area contributed by atoms with Crippen LogP contribution < -0.4 is 15.8 Å². The highest BCUT2D eigenvalue weighted by molar-refractivity contribution is 5.87. The lowest BCUT2D eigenvalue weighted by molar-refractivity contribution is -0.130. The maximum absolute atomic E-state index is 11.5. The van der Waals surface area contributed by atoms with Gasteiger partial charge in [0.2, 0.25) is 11.8 Å². The SMILES string of the molecule is CCOCC(=O)N[C@H](Cc1ccc(OC)cc1)C(N)=O. The Bertz CT molecular complexity index is 445. The molecular formula is C14H20N2O4. The first-order valence-corrected chi connectivity index (χ1v) is 6.36. The predicted octanol–water partition coefficient (Wildman–Crippen LogP) is 0.244. The van der Waals surface area contributed by atoms with Gasteiger partial charge >= 0.3 is 0 Å². The summed E-state index contributed by atoms with van der Waals surface area (Å²) in [6.07, 6.45) is 0.331. The van der Waals surface area contributed by atoms with Gasteiger partial charge in [0.25, 0.3) is 0 Å². The number of ether oxygens (including phenoxy) is 2. The van der Waals surface area contributed by atoms with Crippen LogP contribution in [0.15, 0.2) is 24.3 Å². The number of rotatable bonds is 8. The van der Waals surface area contributed by atoms with E-state index in [0.29, 0.717) is 13.0 Å². The van der Waals surface area contributed by atoms with E-state index in [1.165, 1.54) is 0 Å². The number of carbonyl (C=O) groups is 2. The molecule has 20 heavy (non-hydrogen) atoms. The van der Waals surface area contributed by atoms with Crippen molar-refractivity contribution in [1.82, 2.24) is 5.32 Å². The summed E-state index contributed by atoms with van der Waals surface area (Å²) in [6.45, 7) is 2.15. The Balaban J connectivity index is 2.62. The summed E-state index contributed by atoms with van der Waals surface area (Å²) >= 11 is 0. The number of amides is 2. The Hall–Kier alpha value is -2.08. The molecule has 1 rings (SSSR count). The van der Waals surface area contributed by atoms with Gasteiger partial charge in [-0.15, -0.1) is 0 Å². The molecule has 1 atom stereocenters. The van der Waals surface area contributed by atoms with Crippen LogP contribution in [0.2, 0.25) is 0 Å². The van der Waals surface area contributed by atoms with Gasteiger partial charge in [-0.05, 0) is 24.6 Å². The fourth-order valence-corrected chi connectivity index (χ4v) is 1.65. The van der Waals surface area contributed by atoms with Crippen LogP contribution in [0.5, 0.6) is 5.75 Å². The van der Waals surface area contributed by atoms with Gasteiger partial charge in [-0.3, -0.25) is 9.59 Å². The van der Waals surface area contributed by atoms with Crippen molar-refractivity contribution in [2.45, 2.75) is 19.4 Å². The number of benzene rings is 1. The number of methoxy groups -OCH3 is 1. The molecular weight excluding hydrogens is 260 g/mol. The van der Waals surface area contributed by atoms with Crippen molar-refractivity contribution in [2.24, 2.45) is 5.73 Å². The quantitative estimate of drug-likeness (QED) is 0.714. The van der Waals surface area contributed by atoms with Gasteiger partial charge in [0.1, 0.15) is 18.4 Å². The van der Waals surface area contributed by atoms with E-state index < -0.39 is 11.9 Å². The van der Waals surface area contributed by atoms with E-state index in [1.54, 1.807) is 26.2 Å². The molecule has 0 saturated carbocycles. The monoisotopic (exact) mass is 280 g/mol. The summed E-state index contributed by atoms with van der Waals surface area (Å²) in [7, 11) is 1.58. The number of hydrogen-bond donors (Lipinski definition) is 2. The van der Waals surface area contributed by atoms with Crippen LogP contribution in [0.1, 0.15) is 12.5 Å². The van der Waals surface area contributed by atoms with Crippen molar-refractivity contribution in [3.63, 3.8) is 0 Å². The summed E-state index contributed by atoms with van der Waals surface area (Å²) in [5, 5.41) is 2.56. The first kappa shape index (κ1) is 16.0. The fraction of sp³-hybridized carbons (Fsp3) is 0.429. The molecule has 0 saturated heterocycles. The number of nitrogens with one attached hydrogen (secondary N) is 1. The Morgan fingerprint density at radius 3 is 2.45 bits per heavy atom. The normalized spacial score (nSPS) is 11.7. The zero-order valence-electron chi connectivity index (χ0n) is 11.7. The van der Waals surface area contributed by atoms with Crippen LogP contribution in [0.25, 0.3) is 0 Å². The van der Waals surface area contributed by atoms with E-state index in [1.807, 2.05) is 12.1 Å². The summed E-state index contributed by atoms with van der Waals surface area (Å²) in [5.74, 6) is -0.209. The van der Waals surface area contributed by atoms with Crippen LogP contribution in [-0.2, 0) is 20.7 Å². The number of primary amides is 1. The molecule has 0 aromatic heterocycles. The number of hydrogen-bond acceptors (Lipinski definition) is 4.